The zero-order chi connectivity index (χ0) is 15.5. The average Bonchev–Trinajstić information content (AvgIpc) is 3.18. The van der Waals surface area contributed by atoms with Gasteiger partial charge in [-0.2, -0.15) is 0 Å². The molecule has 0 radical (unpaired) electrons. The number of hydrogen-bond acceptors (Lipinski definition) is 5. The molecule has 6 nitrogen and oxygen atoms in total. The number of nitrogens with zero attached hydrogens (tertiary/aromatic N) is 3. The minimum Gasteiger partial charge on any atom is -0.485 e. The molecule has 1 fully saturated rings. The van der Waals surface area contributed by atoms with Gasteiger partial charge in [-0.25, -0.2) is 4.98 Å². The summed E-state index contributed by atoms with van der Waals surface area (Å²) in [6.45, 7) is 1.23. The van der Waals surface area contributed by atoms with Crippen LogP contribution in [0.3, 0.4) is 0 Å². The van der Waals surface area contributed by atoms with Crippen molar-refractivity contribution in [1.82, 2.24) is 9.88 Å². The zero-order valence-corrected chi connectivity index (χ0v) is 12.7. The molecular formula is C16H19N3O3. The summed E-state index contributed by atoms with van der Waals surface area (Å²) >= 11 is 0. The second-order valence-corrected chi connectivity index (χ2v) is 5.48. The quantitative estimate of drug-likeness (QED) is 0.865. The molecule has 0 aliphatic carbocycles. The fraction of sp³-hybridized carbons (Fsp3) is 0.375. The average molecular weight is 301 g/mol. The van der Waals surface area contributed by atoms with Gasteiger partial charge in [-0.15, -0.1) is 0 Å². The Balaban J connectivity index is 1.65. The van der Waals surface area contributed by atoms with Gasteiger partial charge in [0, 0.05) is 33.3 Å². The molecule has 1 amide bonds. The van der Waals surface area contributed by atoms with Crippen molar-refractivity contribution in [2.24, 2.45) is 0 Å². The number of ether oxygens (including phenoxy) is 1. The monoisotopic (exact) mass is 301 g/mol. The Morgan fingerprint density at radius 2 is 2.27 bits per heavy atom. The van der Waals surface area contributed by atoms with E-state index in [9.17, 15) is 4.79 Å². The van der Waals surface area contributed by atoms with E-state index in [0.717, 1.165) is 18.0 Å². The van der Waals surface area contributed by atoms with Crippen LogP contribution in [0.4, 0.5) is 5.82 Å². The summed E-state index contributed by atoms with van der Waals surface area (Å²) in [4.78, 5) is 20.2. The van der Waals surface area contributed by atoms with E-state index in [1.807, 2.05) is 31.1 Å². The Morgan fingerprint density at radius 3 is 3.00 bits per heavy atom. The van der Waals surface area contributed by atoms with Crippen molar-refractivity contribution in [1.29, 1.82) is 0 Å². The van der Waals surface area contributed by atoms with E-state index < -0.39 is 0 Å². The smallest absolute Gasteiger partial charge is 0.289 e. The van der Waals surface area contributed by atoms with Crippen LogP contribution in [0.2, 0.25) is 0 Å². The van der Waals surface area contributed by atoms with Crippen LogP contribution >= 0.6 is 0 Å². The van der Waals surface area contributed by atoms with E-state index in [0.29, 0.717) is 18.8 Å². The van der Waals surface area contributed by atoms with Crippen LogP contribution in [0, 0.1) is 0 Å². The molecule has 116 valence electrons. The first-order chi connectivity index (χ1) is 10.6. The van der Waals surface area contributed by atoms with Gasteiger partial charge in [0.25, 0.3) is 5.91 Å². The molecule has 22 heavy (non-hydrogen) atoms. The van der Waals surface area contributed by atoms with Crippen molar-refractivity contribution < 1.29 is 13.9 Å². The van der Waals surface area contributed by atoms with Crippen molar-refractivity contribution in [2.75, 3.05) is 32.1 Å². The third-order valence-corrected chi connectivity index (χ3v) is 3.63. The maximum atomic E-state index is 12.2. The van der Waals surface area contributed by atoms with E-state index >= 15 is 0 Å². The second kappa shape index (κ2) is 6.09. The number of anilines is 1. The molecule has 0 N–H and O–H groups in total. The molecule has 0 spiro atoms. The second-order valence-electron chi connectivity index (χ2n) is 5.48. The largest absolute Gasteiger partial charge is 0.485 e. The molecule has 2 aromatic rings. The topological polar surface area (TPSA) is 58.8 Å². The molecule has 3 heterocycles. The van der Waals surface area contributed by atoms with Crippen molar-refractivity contribution in [2.45, 2.75) is 12.5 Å². The lowest BCUT2D eigenvalue weighted by molar-refractivity contribution is 0.0741. The lowest BCUT2D eigenvalue weighted by Crippen LogP contribution is -2.30. The number of furan rings is 1. The van der Waals surface area contributed by atoms with Crippen LogP contribution in [0.5, 0.6) is 5.75 Å². The van der Waals surface area contributed by atoms with Crippen molar-refractivity contribution in [3.8, 4) is 5.75 Å². The molecule has 1 aliphatic heterocycles. The van der Waals surface area contributed by atoms with E-state index in [2.05, 4.69) is 4.98 Å². The Kier molecular flexibility index (Phi) is 4.00. The van der Waals surface area contributed by atoms with E-state index in [4.69, 9.17) is 9.15 Å². The van der Waals surface area contributed by atoms with Gasteiger partial charge in [0.1, 0.15) is 6.10 Å². The predicted octanol–water partition coefficient (Wildman–Crippen LogP) is 2.03. The van der Waals surface area contributed by atoms with Crippen LogP contribution in [0.1, 0.15) is 17.0 Å². The van der Waals surface area contributed by atoms with Crippen LogP contribution in [-0.4, -0.2) is 49.1 Å². The van der Waals surface area contributed by atoms with Gasteiger partial charge < -0.3 is 19.0 Å². The lowest BCUT2D eigenvalue weighted by atomic mass is 10.3. The van der Waals surface area contributed by atoms with Gasteiger partial charge in [0.2, 0.25) is 0 Å². The standard InChI is InChI=1S/C16H19N3O3/c1-18(2)15-13(5-3-8-17-15)22-12-7-9-19(11-12)16(20)14-6-4-10-21-14/h3-6,8,10,12H,7,9,11H2,1-2H3/t12-/m1/s1. The highest BCUT2D eigenvalue weighted by Gasteiger charge is 2.30. The van der Waals surface area contributed by atoms with Gasteiger partial charge in [-0.05, 0) is 24.3 Å². The fourth-order valence-corrected chi connectivity index (χ4v) is 2.55. The van der Waals surface area contributed by atoms with Crippen LogP contribution in [0.15, 0.2) is 41.1 Å². The maximum absolute atomic E-state index is 12.2. The predicted molar refractivity (Wildman–Crippen MR) is 82.2 cm³/mol. The summed E-state index contributed by atoms with van der Waals surface area (Å²) in [6.07, 6.45) is 4.02. The third kappa shape index (κ3) is 2.90. The third-order valence-electron chi connectivity index (χ3n) is 3.63. The number of rotatable bonds is 4. The Labute approximate surface area is 129 Å². The van der Waals surface area contributed by atoms with Crippen molar-refractivity contribution >= 4 is 11.7 Å². The zero-order valence-electron chi connectivity index (χ0n) is 12.7. The summed E-state index contributed by atoms with van der Waals surface area (Å²) < 4.78 is 11.2. The highest BCUT2D eigenvalue weighted by molar-refractivity contribution is 5.91. The molecule has 6 heteroatoms. The van der Waals surface area contributed by atoms with Crippen LogP contribution in [-0.2, 0) is 0 Å². The van der Waals surface area contributed by atoms with Crippen LogP contribution in [0.25, 0.3) is 0 Å². The summed E-state index contributed by atoms with van der Waals surface area (Å²) in [5.41, 5.74) is 0. The minimum absolute atomic E-state index is 0.0261. The van der Waals surface area contributed by atoms with Crippen molar-refractivity contribution in [3.05, 3.63) is 42.5 Å². The molecule has 2 aromatic heterocycles. The number of hydrogen-bond donors (Lipinski definition) is 0. The van der Waals surface area contributed by atoms with E-state index in [1.54, 1.807) is 23.2 Å². The highest BCUT2D eigenvalue weighted by atomic mass is 16.5. The summed E-state index contributed by atoms with van der Waals surface area (Å²) in [7, 11) is 3.85. The Bertz CT molecular complexity index is 640. The summed E-state index contributed by atoms with van der Waals surface area (Å²) in [5.74, 6) is 1.81. The van der Waals surface area contributed by atoms with E-state index in [-0.39, 0.29) is 12.0 Å². The first-order valence-electron chi connectivity index (χ1n) is 7.27. The molecule has 1 aliphatic rings. The molecule has 0 aromatic carbocycles. The first kappa shape index (κ1) is 14.4. The molecule has 1 atom stereocenters. The van der Waals surface area contributed by atoms with Gasteiger partial charge in [0.05, 0.1) is 12.8 Å². The highest BCUT2D eigenvalue weighted by Crippen LogP contribution is 2.27. The van der Waals surface area contributed by atoms with Crippen LogP contribution < -0.4 is 9.64 Å². The number of carbonyl (C=O) groups excluding carboxylic acids is 1. The molecule has 1 saturated heterocycles. The summed E-state index contributed by atoms with van der Waals surface area (Å²) in [5, 5.41) is 0. The SMILES string of the molecule is CN(C)c1ncccc1O[C@@H]1CCN(C(=O)c2ccco2)C1. The minimum atomic E-state index is -0.0879. The normalized spacial score (nSPS) is 17.5. The van der Waals surface area contributed by atoms with Gasteiger partial charge >= 0.3 is 0 Å². The Hall–Kier alpha value is -2.50. The summed E-state index contributed by atoms with van der Waals surface area (Å²) in [6, 6.07) is 7.15. The number of likely N-dealkylation sites (tertiary alicyclic amines) is 1. The molecular weight excluding hydrogens is 282 g/mol. The first-order valence-corrected chi connectivity index (χ1v) is 7.27. The number of aromatic nitrogens is 1. The molecule has 0 bridgehead atoms. The van der Waals surface area contributed by atoms with Crippen molar-refractivity contribution in [3.63, 3.8) is 0 Å². The fourth-order valence-electron chi connectivity index (χ4n) is 2.55. The van der Waals surface area contributed by atoms with Gasteiger partial charge in [0.15, 0.2) is 17.3 Å². The number of amides is 1. The number of pyridine rings is 1. The molecule has 0 saturated carbocycles. The van der Waals surface area contributed by atoms with E-state index in [1.165, 1.54) is 6.26 Å². The Morgan fingerprint density at radius 1 is 1.41 bits per heavy atom. The lowest BCUT2D eigenvalue weighted by Gasteiger charge is -2.20. The molecule has 3 rings (SSSR count). The van der Waals surface area contributed by atoms with Gasteiger partial charge in [-0.3, -0.25) is 4.79 Å². The van der Waals surface area contributed by atoms with Gasteiger partial charge in [-0.1, -0.05) is 0 Å². The maximum Gasteiger partial charge on any atom is 0.289 e. The molecule has 0 unspecified atom stereocenters. The number of carbonyl (C=O) groups is 1.